The van der Waals surface area contributed by atoms with Crippen molar-refractivity contribution in [3.05, 3.63) is 58.5 Å². The maximum atomic E-state index is 12.4. The molecule has 5 rings (SSSR count). The lowest BCUT2D eigenvalue weighted by atomic mass is 9.79. The second-order valence-corrected chi connectivity index (χ2v) is 10.1. The van der Waals surface area contributed by atoms with Gasteiger partial charge in [-0.3, -0.25) is 9.48 Å². The van der Waals surface area contributed by atoms with Gasteiger partial charge in [0.1, 0.15) is 5.70 Å². The molecule has 1 aromatic carbocycles. The van der Waals surface area contributed by atoms with Gasteiger partial charge in [-0.25, -0.2) is 4.79 Å². The van der Waals surface area contributed by atoms with Gasteiger partial charge in [-0.1, -0.05) is 30.3 Å². The number of nitrogens with one attached hydrogen (secondary N) is 1. The van der Waals surface area contributed by atoms with Gasteiger partial charge >= 0.3 is 5.97 Å². The third kappa shape index (κ3) is 3.80. The lowest BCUT2D eigenvalue weighted by Crippen LogP contribution is -2.63. The first kappa shape index (κ1) is 22.7. The van der Waals surface area contributed by atoms with Crippen molar-refractivity contribution >= 4 is 34.5 Å². The number of aliphatic hydroxyl groups excluding tert-OH is 1. The molecule has 1 amide bonds. The van der Waals surface area contributed by atoms with Crippen molar-refractivity contribution in [3.63, 3.8) is 0 Å². The molecule has 2 aliphatic heterocycles. The number of benzene rings is 1. The molecule has 9 nitrogen and oxygen atoms in total. The molecule has 0 saturated carbocycles. The van der Waals surface area contributed by atoms with Gasteiger partial charge in [0.15, 0.2) is 0 Å². The molecule has 4 heterocycles. The summed E-state index contributed by atoms with van der Waals surface area (Å²) in [6.07, 6.45) is 4.64. The summed E-state index contributed by atoms with van der Waals surface area (Å²) >= 11 is 1.45. The first-order chi connectivity index (χ1) is 16.4. The molecule has 10 heteroatoms. The highest BCUT2D eigenvalue weighted by Gasteiger charge is 2.59. The number of carbonyl (C=O) groups excluding carboxylic acids is 1. The Hall–Kier alpha value is -3.11. The van der Waals surface area contributed by atoms with Gasteiger partial charge in [-0.15, -0.1) is 16.9 Å². The maximum absolute atomic E-state index is 12.4. The molecule has 4 atom stereocenters. The molecule has 0 spiro atoms. The average Bonchev–Trinajstić information content (AvgIpc) is 3.48. The molecule has 3 aromatic rings. The van der Waals surface area contributed by atoms with Crippen molar-refractivity contribution in [2.75, 3.05) is 5.75 Å². The van der Waals surface area contributed by atoms with E-state index in [1.807, 2.05) is 36.1 Å². The Morgan fingerprint density at radius 2 is 2.09 bits per heavy atom. The van der Waals surface area contributed by atoms with Crippen LogP contribution in [0, 0.1) is 11.8 Å². The predicted molar refractivity (Wildman–Crippen MR) is 128 cm³/mol. The topological polar surface area (TPSA) is 124 Å². The molecule has 0 radical (unpaired) electrons. The Morgan fingerprint density at radius 3 is 2.85 bits per heavy atom. The third-order valence-electron chi connectivity index (χ3n) is 6.80. The summed E-state index contributed by atoms with van der Waals surface area (Å²) in [4.78, 5) is 29.7. The zero-order valence-corrected chi connectivity index (χ0v) is 19.8. The first-order valence-corrected chi connectivity index (χ1v) is 12.4. The molecule has 3 N–H and O–H groups in total. The fourth-order valence-electron chi connectivity index (χ4n) is 5.12. The van der Waals surface area contributed by atoms with Crippen molar-refractivity contribution in [1.82, 2.24) is 24.9 Å². The van der Waals surface area contributed by atoms with Crippen LogP contribution in [0.3, 0.4) is 0 Å². The van der Waals surface area contributed by atoms with Crippen molar-refractivity contribution in [2.45, 2.75) is 45.4 Å². The number of aromatic amines is 1. The number of para-hydroxylation sites is 1. The minimum absolute atomic E-state index is 0.0618. The Labute approximate surface area is 200 Å². The number of hydrogen-bond acceptors (Lipinski definition) is 6. The van der Waals surface area contributed by atoms with Crippen LogP contribution >= 0.6 is 11.8 Å². The Kier molecular flexibility index (Phi) is 5.95. The monoisotopic (exact) mass is 481 g/mol. The number of β-lactam (4-membered cyclic amide) rings is 1. The highest BCUT2D eigenvalue weighted by Crippen LogP contribution is 2.50. The predicted octanol–water partition coefficient (Wildman–Crippen LogP) is 2.43. The van der Waals surface area contributed by atoms with Crippen molar-refractivity contribution in [2.24, 2.45) is 11.8 Å². The van der Waals surface area contributed by atoms with E-state index in [0.29, 0.717) is 23.6 Å². The minimum Gasteiger partial charge on any atom is -0.477 e. The largest absolute Gasteiger partial charge is 0.477 e. The molecular weight excluding hydrogens is 454 g/mol. The number of fused-ring (bicyclic) bond motifs is 2. The van der Waals surface area contributed by atoms with E-state index in [9.17, 15) is 19.8 Å². The summed E-state index contributed by atoms with van der Waals surface area (Å²) in [5.41, 5.74) is 3.26. The van der Waals surface area contributed by atoms with Gasteiger partial charge < -0.3 is 20.1 Å². The third-order valence-corrected chi connectivity index (χ3v) is 8.08. The number of nitrogens with zero attached hydrogens (tertiary/aromatic N) is 4. The van der Waals surface area contributed by atoms with Crippen molar-refractivity contribution in [1.29, 1.82) is 0 Å². The van der Waals surface area contributed by atoms with Crippen molar-refractivity contribution in [3.8, 4) is 0 Å². The number of amides is 1. The van der Waals surface area contributed by atoms with Crippen LogP contribution in [0.15, 0.2) is 47.3 Å². The quantitative estimate of drug-likeness (QED) is 0.401. The minimum atomic E-state index is -1.10. The van der Waals surface area contributed by atoms with E-state index in [1.54, 1.807) is 6.92 Å². The van der Waals surface area contributed by atoms with Crippen LogP contribution in [-0.2, 0) is 29.0 Å². The van der Waals surface area contributed by atoms with Crippen LogP contribution < -0.4 is 0 Å². The van der Waals surface area contributed by atoms with Gasteiger partial charge in [0.2, 0.25) is 5.91 Å². The lowest BCUT2D eigenvalue weighted by molar-refractivity contribution is -0.163. The zero-order valence-electron chi connectivity index (χ0n) is 19.0. The van der Waals surface area contributed by atoms with Crippen molar-refractivity contribution < 1.29 is 19.8 Å². The van der Waals surface area contributed by atoms with E-state index in [-0.39, 0.29) is 23.6 Å². The molecule has 0 aliphatic carbocycles. The summed E-state index contributed by atoms with van der Waals surface area (Å²) in [6.45, 7) is 4.23. The van der Waals surface area contributed by atoms with E-state index in [0.717, 1.165) is 17.6 Å². The summed E-state index contributed by atoms with van der Waals surface area (Å²) in [6, 6.07) is 7.92. The zero-order chi connectivity index (χ0) is 24.0. The summed E-state index contributed by atoms with van der Waals surface area (Å²) in [5, 5.41) is 29.4. The standard InChI is InChI=1S/C24H27N5O4S/c1-13-20-19(14(2)30)23(31)29(20)21(24(32)33)22(13)34-10-8-16-12-28(27-26-16)9-7-15-11-25-18-6-4-3-5-17(15)18/h3-6,11-14,19-20,25,30H,7-10H2,1-2H3,(H,32,33)/t13-,14-,19-,20-/m1/s1. The average molecular weight is 482 g/mol. The lowest BCUT2D eigenvalue weighted by Gasteiger charge is -2.46. The summed E-state index contributed by atoms with van der Waals surface area (Å²) in [5.74, 6) is -1.44. The van der Waals surface area contributed by atoms with Gasteiger partial charge in [0.25, 0.3) is 0 Å². The van der Waals surface area contributed by atoms with Crippen LogP contribution in [0.2, 0.25) is 0 Å². The molecular formula is C24H27N5O4S. The molecule has 0 unspecified atom stereocenters. The SMILES string of the molecule is C[C@@H](O)[C@H]1C(=O)N2C(C(=O)O)=C(SCCc3cn(CCc4c[nH]c5ccccc45)nn3)[C@H](C)[C@H]12. The van der Waals surface area contributed by atoms with Crippen LogP contribution in [-0.4, -0.2) is 64.9 Å². The molecule has 34 heavy (non-hydrogen) atoms. The number of H-pyrrole nitrogens is 1. The van der Waals surface area contributed by atoms with E-state index in [1.165, 1.54) is 27.6 Å². The van der Waals surface area contributed by atoms with Gasteiger partial charge in [0, 0.05) is 52.8 Å². The second-order valence-electron chi connectivity index (χ2n) is 8.95. The molecule has 178 valence electrons. The fraction of sp³-hybridized carbons (Fsp3) is 0.417. The van der Waals surface area contributed by atoms with Gasteiger partial charge in [0.05, 0.1) is 23.8 Å². The molecule has 2 aromatic heterocycles. The fourth-order valence-corrected chi connectivity index (χ4v) is 6.37. The Bertz CT molecular complexity index is 1280. The summed E-state index contributed by atoms with van der Waals surface area (Å²) < 4.78 is 1.83. The van der Waals surface area contributed by atoms with E-state index >= 15 is 0 Å². The van der Waals surface area contributed by atoms with Crippen LogP contribution in [0.1, 0.15) is 25.1 Å². The number of rotatable bonds is 9. The number of aryl methyl sites for hydroxylation is 3. The van der Waals surface area contributed by atoms with Crippen LogP contribution in [0.5, 0.6) is 0 Å². The smallest absolute Gasteiger partial charge is 0.353 e. The number of thioether (sulfide) groups is 1. The number of carboxylic acid groups (broad SMARTS) is 1. The molecule has 0 bridgehead atoms. The number of hydrogen-bond donors (Lipinski definition) is 3. The number of aromatic nitrogens is 4. The summed E-state index contributed by atoms with van der Waals surface area (Å²) in [7, 11) is 0. The highest BCUT2D eigenvalue weighted by molar-refractivity contribution is 8.03. The van der Waals surface area contributed by atoms with E-state index < -0.39 is 18.0 Å². The van der Waals surface area contributed by atoms with E-state index in [4.69, 9.17) is 0 Å². The second kappa shape index (κ2) is 8.92. The Balaban J connectivity index is 1.19. The normalized spacial score (nSPS) is 22.9. The maximum Gasteiger partial charge on any atom is 0.353 e. The number of aliphatic hydroxyl groups is 1. The van der Waals surface area contributed by atoms with Gasteiger partial charge in [-0.2, -0.15) is 0 Å². The van der Waals surface area contributed by atoms with Crippen LogP contribution in [0.4, 0.5) is 0 Å². The number of carbonyl (C=O) groups is 2. The molecule has 2 aliphatic rings. The molecule has 1 fully saturated rings. The highest BCUT2D eigenvalue weighted by atomic mass is 32.2. The number of aliphatic carboxylic acids is 1. The van der Waals surface area contributed by atoms with Gasteiger partial charge in [-0.05, 0) is 25.0 Å². The molecule has 1 saturated heterocycles. The van der Waals surface area contributed by atoms with E-state index in [2.05, 4.69) is 27.4 Å². The Morgan fingerprint density at radius 1 is 1.29 bits per heavy atom. The van der Waals surface area contributed by atoms with Crippen LogP contribution in [0.25, 0.3) is 10.9 Å². The first-order valence-electron chi connectivity index (χ1n) is 11.4. The number of carboxylic acids is 1.